The largest absolute Gasteiger partial charge is 0.395 e. The predicted molar refractivity (Wildman–Crippen MR) is 80.1 cm³/mol. The molecular weight excluding hydrogens is 292 g/mol. The Morgan fingerprint density at radius 3 is 2.71 bits per heavy atom. The maximum Gasteiger partial charge on any atom is 0.251 e. The van der Waals surface area contributed by atoms with Gasteiger partial charge in [0.25, 0.3) is 5.91 Å². The Morgan fingerprint density at radius 2 is 2.14 bits per heavy atom. The SMILES string of the molecule is Cc1cc(C(=O)NCCS(N)(=O)=O)ccc1C#CCCO. The molecule has 0 unspecified atom stereocenters. The van der Waals surface area contributed by atoms with E-state index in [1.54, 1.807) is 18.2 Å². The molecule has 1 aromatic rings. The van der Waals surface area contributed by atoms with Crippen LogP contribution in [0.5, 0.6) is 0 Å². The van der Waals surface area contributed by atoms with E-state index >= 15 is 0 Å². The Hall–Kier alpha value is -1.88. The minimum Gasteiger partial charge on any atom is -0.395 e. The van der Waals surface area contributed by atoms with Crippen molar-refractivity contribution >= 4 is 15.9 Å². The molecule has 0 heterocycles. The zero-order chi connectivity index (χ0) is 15.9. The average Bonchev–Trinajstić information content (AvgIpc) is 2.39. The van der Waals surface area contributed by atoms with Crippen LogP contribution >= 0.6 is 0 Å². The molecule has 0 aliphatic heterocycles. The van der Waals surface area contributed by atoms with Gasteiger partial charge >= 0.3 is 0 Å². The molecule has 0 saturated carbocycles. The van der Waals surface area contributed by atoms with Gasteiger partial charge in [0.15, 0.2) is 0 Å². The van der Waals surface area contributed by atoms with Gasteiger partial charge in [-0.3, -0.25) is 4.79 Å². The van der Waals surface area contributed by atoms with Crippen molar-refractivity contribution in [2.75, 3.05) is 18.9 Å². The van der Waals surface area contributed by atoms with Gasteiger partial charge in [-0.25, -0.2) is 13.6 Å². The summed E-state index contributed by atoms with van der Waals surface area (Å²) in [4.78, 5) is 11.8. The highest BCUT2D eigenvalue weighted by Gasteiger charge is 2.08. The Bertz CT molecular complexity index is 672. The van der Waals surface area contributed by atoms with E-state index in [0.717, 1.165) is 11.1 Å². The zero-order valence-electron chi connectivity index (χ0n) is 11.7. The number of hydrogen-bond acceptors (Lipinski definition) is 4. The number of hydrogen-bond donors (Lipinski definition) is 3. The van der Waals surface area contributed by atoms with Gasteiger partial charge in [-0.05, 0) is 30.7 Å². The minimum absolute atomic E-state index is 0.0105. The first-order valence-corrected chi connectivity index (χ1v) is 8.04. The van der Waals surface area contributed by atoms with Crippen LogP contribution in [0.3, 0.4) is 0 Å². The number of nitrogens with one attached hydrogen (secondary N) is 1. The monoisotopic (exact) mass is 310 g/mol. The molecule has 0 bridgehead atoms. The minimum atomic E-state index is -3.58. The van der Waals surface area contributed by atoms with Crippen LogP contribution in [0.4, 0.5) is 0 Å². The number of benzene rings is 1. The van der Waals surface area contributed by atoms with Crippen LogP contribution in [0.15, 0.2) is 18.2 Å². The maximum atomic E-state index is 11.8. The summed E-state index contributed by atoms with van der Waals surface area (Å²) >= 11 is 0. The van der Waals surface area contributed by atoms with E-state index in [4.69, 9.17) is 10.2 Å². The molecule has 0 atom stereocenters. The normalized spacial score (nSPS) is 10.6. The number of nitrogens with two attached hydrogens (primary N) is 1. The lowest BCUT2D eigenvalue weighted by Crippen LogP contribution is -2.31. The van der Waals surface area contributed by atoms with Crippen LogP contribution in [-0.4, -0.2) is 38.3 Å². The van der Waals surface area contributed by atoms with E-state index in [1.165, 1.54) is 0 Å². The molecule has 1 aromatic carbocycles. The smallest absolute Gasteiger partial charge is 0.251 e. The lowest BCUT2D eigenvalue weighted by Gasteiger charge is -2.06. The highest BCUT2D eigenvalue weighted by molar-refractivity contribution is 7.89. The van der Waals surface area contributed by atoms with Crippen molar-refractivity contribution in [3.8, 4) is 11.8 Å². The lowest BCUT2D eigenvalue weighted by molar-refractivity contribution is 0.0956. The van der Waals surface area contributed by atoms with E-state index in [2.05, 4.69) is 17.2 Å². The fraction of sp³-hybridized carbons (Fsp3) is 0.357. The number of carbonyl (C=O) groups is 1. The summed E-state index contributed by atoms with van der Waals surface area (Å²) in [7, 11) is -3.58. The van der Waals surface area contributed by atoms with Crippen LogP contribution in [0.2, 0.25) is 0 Å². The molecule has 0 saturated heterocycles. The quantitative estimate of drug-likeness (QED) is 0.651. The van der Waals surface area contributed by atoms with Crippen LogP contribution in [0, 0.1) is 18.8 Å². The standard InChI is InChI=1S/C14H18N2O4S/c1-11-10-13(6-5-12(11)4-2-3-8-17)14(18)16-7-9-21(15,19)20/h5-6,10,17H,3,7-9H2,1H3,(H,16,18)(H2,15,19,20). The van der Waals surface area contributed by atoms with Crippen LogP contribution < -0.4 is 10.5 Å². The second-order valence-corrected chi connectivity index (χ2v) is 6.16. The molecule has 0 fully saturated rings. The van der Waals surface area contributed by atoms with Gasteiger partial charge in [0.05, 0.1) is 12.4 Å². The van der Waals surface area contributed by atoms with Crippen molar-refractivity contribution in [3.63, 3.8) is 0 Å². The third-order valence-electron chi connectivity index (χ3n) is 2.62. The van der Waals surface area contributed by atoms with Crippen LogP contribution in [0.1, 0.15) is 27.9 Å². The van der Waals surface area contributed by atoms with Gasteiger partial charge < -0.3 is 10.4 Å². The number of aliphatic hydroxyl groups is 1. The van der Waals surface area contributed by atoms with E-state index < -0.39 is 10.0 Å². The summed E-state index contributed by atoms with van der Waals surface area (Å²) in [5, 5.41) is 16.0. The Labute approximate surface area is 124 Å². The molecule has 0 radical (unpaired) electrons. The number of primary sulfonamides is 1. The average molecular weight is 310 g/mol. The van der Waals surface area contributed by atoms with Crippen molar-refractivity contribution in [1.29, 1.82) is 0 Å². The summed E-state index contributed by atoms with van der Waals surface area (Å²) in [6.45, 7) is 1.80. The number of rotatable bonds is 5. The molecular formula is C14H18N2O4S. The van der Waals surface area contributed by atoms with E-state index in [-0.39, 0.29) is 24.8 Å². The molecule has 0 spiro atoms. The maximum absolute atomic E-state index is 11.8. The molecule has 0 aromatic heterocycles. The van der Waals surface area contributed by atoms with Gasteiger partial charge in [-0.2, -0.15) is 0 Å². The van der Waals surface area contributed by atoms with Gasteiger partial charge in [0.2, 0.25) is 10.0 Å². The Kier molecular flexibility index (Phi) is 6.37. The second kappa shape index (κ2) is 7.78. The van der Waals surface area contributed by atoms with Crippen molar-refractivity contribution in [1.82, 2.24) is 5.32 Å². The number of amides is 1. The fourth-order valence-corrected chi connectivity index (χ4v) is 1.95. The Balaban J connectivity index is 2.71. The summed E-state index contributed by atoms with van der Waals surface area (Å²) in [6.07, 6.45) is 0.398. The van der Waals surface area contributed by atoms with Crippen LogP contribution in [0.25, 0.3) is 0 Å². The molecule has 4 N–H and O–H groups in total. The zero-order valence-corrected chi connectivity index (χ0v) is 12.5. The molecule has 1 amide bonds. The fourth-order valence-electron chi connectivity index (χ4n) is 1.57. The molecule has 0 aliphatic carbocycles. The van der Waals surface area contributed by atoms with Gasteiger partial charge in [-0.15, -0.1) is 0 Å². The van der Waals surface area contributed by atoms with E-state index in [0.29, 0.717) is 12.0 Å². The predicted octanol–water partition coefficient (Wildman–Crippen LogP) is -0.253. The molecule has 7 heteroatoms. The summed E-state index contributed by atoms with van der Waals surface area (Å²) < 4.78 is 21.5. The highest BCUT2D eigenvalue weighted by atomic mass is 32.2. The lowest BCUT2D eigenvalue weighted by atomic mass is 10.0. The first kappa shape index (κ1) is 17.2. The van der Waals surface area contributed by atoms with Crippen molar-refractivity contribution in [2.45, 2.75) is 13.3 Å². The molecule has 114 valence electrons. The molecule has 1 rings (SSSR count). The third-order valence-corrected chi connectivity index (χ3v) is 3.39. The highest BCUT2D eigenvalue weighted by Crippen LogP contribution is 2.10. The second-order valence-electron chi connectivity index (χ2n) is 4.43. The van der Waals surface area contributed by atoms with Crippen molar-refractivity contribution in [2.24, 2.45) is 5.14 Å². The van der Waals surface area contributed by atoms with Crippen molar-refractivity contribution in [3.05, 3.63) is 34.9 Å². The number of carbonyl (C=O) groups excluding carboxylic acids is 1. The van der Waals surface area contributed by atoms with Gasteiger partial charge in [0.1, 0.15) is 0 Å². The molecule has 6 nitrogen and oxygen atoms in total. The molecule has 0 aliphatic rings. The first-order valence-electron chi connectivity index (χ1n) is 6.32. The van der Waals surface area contributed by atoms with Crippen LogP contribution in [-0.2, 0) is 10.0 Å². The number of aliphatic hydroxyl groups excluding tert-OH is 1. The van der Waals surface area contributed by atoms with Crippen molar-refractivity contribution < 1.29 is 18.3 Å². The number of aryl methyl sites for hydroxylation is 1. The Morgan fingerprint density at radius 1 is 1.43 bits per heavy atom. The molecule has 21 heavy (non-hydrogen) atoms. The summed E-state index contributed by atoms with van der Waals surface area (Å²) in [6, 6.07) is 5.01. The third kappa shape index (κ3) is 6.40. The van der Waals surface area contributed by atoms with Gasteiger partial charge in [-0.1, -0.05) is 11.8 Å². The topological polar surface area (TPSA) is 109 Å². The van der Waals surface area contributed by atoms with Gasteiger partial charge in [0, 0.05) is 24.1 Å². The number of sulfonamides is 1. The first-order chi connectivity index (χ1) is 9.83. The van der Waals surface area contributed by atoms with E-state index in [1.807, 2.05) is 6.92 Å². The van der Waals surface area contributed by atoms with E-state index in [9.17, 15) is 13.2 Å². The summed E-state index contributed by atoms with van der Waals surface area (Å²) in [5.74, 6) is 5.05. The summed E-state index contributed by atoms with van der Waals surface area (Å²) in [5.41, 5.74) is 2.04.